The predicted octanol–water partition coefficient (Wildman–Crippen LogP) is 4.98. The third-order valence-electron chi connectivity index (χ3n) is 3.75. The summed E-state index contributed by atoms with van der Waals surface area (Å²) >= 11 is 1.27. The van der Waals surface area contributed by atoms with Crippen molar-refractivity contribution in [3.8, 4) is 23.1 Å². The van der Waals surface area contributed by atoms with E-state index >= 15 is 0 Å². The standard InChI is InChI=1S/C19H14F3N5S/c1-28-18(24-12-23)25-14-9-7-13(8-10-14)16-11-17(19(20,21)22)26-27(16)15-5-3-2-4-6-15/h2-11H,1H3,(H,24,25). The van der Waals surface area contributed by atoms with Crippen molar-refractivity contribution in [2.24, 2.45) is 4.99 Å². The molecule has 9 heteroatoms. The zero-order valence-corrected chi connectivity index (χ0v) is 15.4. The third kappa shape index (κ3) is 4.35. The molecule has 3 rings (SSSR count). The summed E-state index contributed by atoms with van der Waals surface area (Å²) in [5.74, 6) is 0. The number of benzene rings is 2. The largest absolute Gasteiger partial charge is 0.435 e. The fourth-order valence-electron chi connectivity index (χ4n) is 2.49. The Morgan fingerprint density at radius 1 is 1.14 bits per heavy atom. The summed E-state index contributed by atoms with van der Waals surface area (Å²) in [4.78, 5) is 4.27. The zero-order chi connectivity index (χ0) is 20.1. The lowest BCUT2D eigenvalue weighted by Crippen LogP contribution is -2.12. The summed E-state index contributed by atoms with van der Waals surface area (Å²) in [5, 5.41) is 15.3. The fraction of sp³-hybridized carbons (Fsp3) is 0.105. The smallest absolute Gasteiger partial charge is 0.271 e. The Labute approximate surface area is 163 Å². The number of aromatic nitrogens is 2. The van der Waals surface area contributed by atoms with Crippen molar-refractivity contribution in [2.75, 3.05) is 6.26 Å². The minimum atomic E-state index is -4.55. The summed E-state index contributed by atoms with van der Waals surface area (Å²) in [6.07, 6.45) is -0.975. The van der Waals surface area contributed by atoms with Crippen molar-refractivity contribution < 1.29 is 13.2 Å². The molecular formula is C19H14F3N5S. The van der Waals surface area contributed by atoms with Crippen LogP contribution >= 0.6 is 11.8 Å². The molecule has 1 aromatic heterocycles. The number of hydrogen-bond acceptors (Lipinski definition) is 4. The van der Waals surface area contributed by atoms with Crippen LogP contribution in [0.4, 0.5) is 18.9 Å². The van der Waals surface area contributed by atoms with E-state index in [1.54, 1.807) is 67.0 Å². The Morgan fingerprint density at radius 2 is 1.82 bits per heavy atom. The maximum Gasteiger partial charge on any atom is 0.435 e. The summed E-state index contributed by atoms with van der Waals surface area (Å²) in [6, 6.07) is 16.3. The maximum absolute atomic E-state index is 13.2. The molecule has 0 aliphatic rings. The predicted molar refractivity (Wildman–Crippen MR) is 103 cm³/mol. The first-order valence-electron chi connectivity index (χ1n) is 8.03. The van der Waals surface area contributed by atoms with Gasteiger partial charge < -0.3 is 0 Å². The topological polar surface area (TPSA) is 66.0 Å². The molecule has 2 aromatic carbocycles. The third-order valence-corrected chi connectivity index (χ3v) is 4.33. The molecule has 0 aliphatic heterocycles. The molecular weight excluding hydrogens is 387 g/mol. The molecule has 0 radical (unpaired) electrons. The molecule has 1 N–H and O–H groups in total. The van der Waals surface area contributed by atoms with E-state index in [0.717, 1.165) is 6.07 Å². The average Bonchev–Trinajstić information content (AvgIpc) is 3.15. The van der Waals surface area contributed by atoms with Gasteiger partial charge in [0.2, 0.25) is 0 Å². The molecule has 28 heavy (non-hydrogen) atoms. The van der Waals surface area contributed by atoms with E-state index < -0.39 is 11.9 Å². The second-order valence-corrected chi connectivity index (χ2v) is 6.36. The van der Waals surface area contributed by atoms with E-state index in [4.69, 9.17) is 5.26 Å². The number of aliphatic imine (C=N–C) groups is 1. The Kier molecular flexibility index (Phi) is 5.70. The molecule has 0 saturated heterocycles. The van der Waals surface area contributed by atoms with Crippen molar-refractivity contribution >= 4 is 22.6 Å². The van der Waals surface area contributed by atoms with E-state index in [9.17, 15) is 13.2 Å². The Balaban J connectivity index is 2.03. The molecule has 0 unspecified atom stereocenters. The van der Waals surface area contributed by atoms with Gasteiger partial charge in [-0.05, 0) is 36.6 Å². The second kappa shape index (κ2) is 8.19. The van der Waals surface area contributed by atoms with Gasteiger partial charge in [0.25, 0.3) is 0 Å². The van der Waals surface area contributed by atoms with Crippen LogP contribution in [0.5, 0.6) is 0 Å². The molecule has 0 spiro atoms. The van der Waals surface area contributed by atoms with Gasteiger partial charge in [-0.3, -0.25) is 5.32 Å². The van der Waals surface area contributed by atoms with E-state index in [0.29, 0.717) is 27.8 Å². The highest BCUT2D eigenvalue weighted by atomic mass is 32.2. The molecule has 0 amide bonds. The normalized spacial score (nSPS) is 11.9. The molecule has 0 atom stereocenters. The first-order valence-corrected chi connectivity index (χ1v) is 9.26. The van der Waals surface area contributed by atoms with Crippen molar-refractivity contribution in [3.05, 3.63) is 66.4 Å². The van der Waals surface area contributed by atoms with E-state index in [-0.39, 0.29) is 0 Å². The highest BCUT2D eigenvalue weighted by Crippen LogP contribution is 2.33. The average molecular weight is 401 g/mol. The van der Waals surface area contributed by atoms with E-state index in [1.165, 1.54) is 16.4 Å². The van der Waals surface area contributed by atoms with Gasteiger partial charge in [0.15, 0.2) is 17.1 Å². The van der Waals surface area contributed by atoms with Gasteiger partial charge in [0, 0.05) is 5.56 Å². The van der Waals surface area contributed by atoms with Crippen LogP contribution < -0.4 is 5.32 Å². The Morgan fingerprint density at radius 3 is 2.39 bits per heavy atom. The van der Waals surface area contributed by atoms with Gasteiger partial charge in [0.1, 0.15) is 0 Å². The summed E-state index contributed by atoms with van der Waals surface area (Å²) < 4.78 is 40.9. The lowest BCUT2D eigenvalue weighted by Gasteiger charge is -2.08. The number of amidine groups is 1. The van der Waals surface area contributed by atoms with Gasteiger partial charge in [-0.1, -0.05) is 42.1 Å². The highest BCUT2D eigenvalue weighted by molar-refractivity contribution is 8.13. The van der Waals surface area contributed by atoms with Gasteiger partial charge in [-0.25, -0.2) is 9.67 Å². The monoisotopic (exact) mass is 401 g/mol. The van der Waals surface area contributed by atoms with Crippen LogP contribution in [0, 0.1) is 11.5 Å². The van der Waals surface area contributed by atoms with Crippen LogP contribution in [-0.4, -0.2) is 21.2 Å². The van der Waals surface area contributed by atoms with Crippen molar-refractivity contribution in [1.82, 2.24) is 15.1 Å². The summed E-state index contributed by atoms with van der Waals surface area (Å²) in [6.45, 7) is 0. The Bertz CT molecular complexity index is 1020. The van der Waals surface area contributed by atoms with Crippen molar-refractivity contribution in [3.63, 3.8) is 0 Å². The van der Waals surface area contributed by atoms with Gasteiger partial charge in [-0.15, -0.1) is 0 Å². The number of halogens is 3. The molecule has 0 fully saturated rings. The number of nitrogens with one attached hydrogen (secondary N) is 1. The zero-order valence-electron chi connectivity index (χ0n) is 14.6. The van der Waals surface area contributed by atoms with Crippen LogP contribution in [0.15, 0.2) is 65.7 Å². The molecule has 1 heterocycles. The molecule has 142 valence electrons. The number of nitrogens with zero attached hydrogens (tertiary/aromatic N) is 4. The molecule has 5 nitrogen and oxygen atoms in total. The van der Waals surface area contributed by atoms with Crippen LogP contribution in [0.2, 0.25) is 0 Å². The summed E-state index contributed by atoms with van der Waals surface area (Å²) in [7, 11) is 0. The number of hydrogen-bond donors (Lipinski definition) is 1. The first kappa shape index (κ1) is 19.5. The van der Waals surface area contributed by atoms with Gasteiger partial charge >= 0.3 is 6.18 Å². The van der Waals surface area contributed by atoms with Crippen LogP contribution in [-0.2, 0) is 6.18 Å². The maximum atomic E-state index is 13.2. The lowest BCUT2D eigenvalue weighted by molar-refractivity contribution is -0.141. The number of alkyl halides is 3. The van der Waals surface area contributed by atoms with Crippen LogP contribution in [0.1, 0.15) is 5.69 Å². The van der Waals surface area contributed by atoms with Crippen LogP contribution in [0.3, 0.4) is 0 Å². The lowest BCUT2D eigenvalue weighted by atomic mass is 10.1. The minimum absolute atomic E-state index is 0.314. The van der Waals surface area contributed by atoms with Crippen molar-refractivity contribution in [2.45, 2.75) is 6.18 Å². The molecule has 0 aliphatic carbocycles. The SMILES string of the molecule is CSC(=Nc1ccc(-c2cc(C(F)(F)F)nn2-c2ccccc2)cc1)NC#N. The number of rotatable bonds is 3. The summed E-state index contributed by atoms with van der Waals surface area (Å²) in [5.41, 5.74) is 1.01. The number of thioether (sulfide) groups is 1. The van der Waals surface area contributed by atoms with Crippen molar-refractivity contribution in [1.29, 1.82) is 5.26 Å². The Hall–Kier alpha value is -3.25. The highest BCUT2D eigenvalue weighted by Gasteiger charge is 2.35. The van der Waals surface area contributed by atoms with Gasteiger partial charge in [-0.2, -0.15) is 23.5 Å². The minimum Gasteiger partial charge on any atom is -0.271 e. The molecule has 0 saturated carbocycles. The van der Waals surface area contributed by atoms with E-state index in [1.807, 2.05) is 0 Å². The molecule has 0 bridgehead atoms. The second-order valence-electron chi connectivity index (χ2n) is 5.56. The number of para-hydroxylation sites is 1. The number of nitriles is 1. The fourth-order valence-corrected chi connectivity index (χ4v) is 2.83. The molecule has 3 aromatic rings. The van der Waals surface area contributed by atoms with E-state index in [2.05, 4.69) is 15.4 Å². The first-order chi connectivity index (χ1) is 13.4. The quantitative estimate of drug-likeness (QED) is 0.291. The van der Waals surface area contributed by atoms with Crippen LogP contribution in [0.25, 0.3) is 16.9 Å². The van der Waals surface area contributed by atoms with Gasteiger partial charge in [0.05, 0.1) is 17.1 Å².